The van der Waals surface area contributed by atoms with E-state index in [1.165, 1.54) is 10.9 Å². The van der Waals surface area contributed by atoms with E-state index in [2.05, 4.69) is 39.2 Å². The number of nitrogens with zero attached hydrogens (tertiary/aromatic N) is 2. The lowest BCUT2D eigenvalue weighted by Crippen LogP contribution is -2.24. The molecule has 0 radical (unpaired) electrons. The van der Waals surface area contributed by atoms with E-state index in [9.17, 15) is 0 Å². The molecule has 0 amide bonds. The van der Waals surface area contributed by atoms with Crippen molar-refractivity contribution in [3.63, 3.8) is 0 Å². The van der Waals surface area contributed by atoms with Crippen molar-refractivity contribution in [1.29, 1.82) is 0 Å². The maximum absolute atomic E-state index is 6.13. The molecular formula is C12H14BrN3. The Kier molecular flexibility index (Phi) is 2.13. The highest BCUT2D eigenvalue weighted by atomic mass is 79.9. The average molecular weight is 280 g/mol. The molecule has 2 N–H and O–H groups in total. The number of aryl methyl sites for hydroxylation is 1. The number of benzene rings is 1. The monoisotopic (exact) mass is 279 g/mol. The van der Waals surface area contributed by atoms with E-state index in [-0.39, 0.29) is 5.54 Å². The van der Waals surface area contributed by atoms with Crippen molar-refractivity contribution in [2.24, 2.45) is 12.8 Å². The molecule has 1 aliphatic rings. The molecule has 0 bridgehead atoms. The van der Waals surface area contributed by atoms with Gasteiger partial charge in [-0.15, -0.1) is 0 Å². The summed E-state index contributed by atoms with van der Waals surface area (Å²) in [5.74, 6) is 0. The van der Waals surface area contributed by atoms with E-state index in [1.54, 1.807) is 0 Å². The van der Waals surface area contributed by atoms with Crippen molar-refractivity contribution in [3.05, 3.63) is 28.4 Å². The van der Waals surface area contributed by atoms with Crippen LogP contribution in [0.2, 0.25) is 0 Å². The molecule has 16 heavy (non-hydrogen) atoms. The fraction of sp³-hybridized carbons (Fsp3) is 0.417. The van der Waals surface area contributed by atoms with Gasteiger partial charge >= 0.3 is 0 Å². The molecule has 1 aromatic heterocycles. The Bertz CT molecular complexity index is 555. The van der Waals surface area contributed by atoms with Gasteiger partial charge in [-0.25, -0.2) is 0 Å². The largest absolute Gasteiger partial charge is 0.325 e. The van der Waals surface area contributed by atoms with Gasteiger partial charge in [0.1, 0.15) is 4.60 Å². The summed E-state index contributed by atoms with van der Waals surface area (Å²) in [6.07, 6.45) is 3.28. The molecule has 1 aromatic carbocycles. The second-order valence-corrected chi connectivity index (χ2v) is 5.56. The predicted octanol–water partition coefficient (Wildman–Crippen LogP) is 2.37. The van der Waals surface area contributed by atoms with Gasteiger partial charge in [-0.3, -0.25) is 4.68 Å². The van der Waals surface area contributed by atoms with Crippen LogP contribution in [-0.2, 0) is 13.5 Å². The van der Waals surface area contributed by atoms with Gasteiger partial charge in [0, 0.05) is 18.0 Å². The molecule has 4 heteroatoms. The quantitative estimate of drug-likeness (QED) is 0.917. The van der Waals surface area contributed by atoms with E-state index in [1.807, 2.05) is 11.7 Å². The fourth-order valence-electron chi connectivity index (χ4n) is 2.12. The highest BCUT2D eigenvalue weighted by Gasteiger charge is 2.37. The van der Waals surface area contributed by atoms with Gasteiger partial charge in [-0.1, -0.05) is 6.07 Å². The number of rotatable bonds is 2. The van der Waals surface area contributed by atoms with Gasteiger partial charge in [0.25, 0.3) is 0 Å². The molecule has 2 aromatic rings. The smallest absolute Gasteiger partial charge is 0.135 e. The van der Waals surface area contributed by atoms with Gasteiger partial charge in [0.15, 0.2) is 0 Å². The average Bonchev–Trinajstić information content (AvgIpc) is 2.88. The molecular weight excluding hydrogens is 266 g/mol. The summed E-state index contributed by atoms with van der Waals surface area (Å²) < 4.78 is 2.80. The van der Waals surface area contributed by atoms with Crippen LogP contribution in [0.25, 0.3) is 10.9 Å². The highest BCUT2D eigenvalue weighted by Crippen LogP contribution is 2.36. The Morgan fingerprint density at radius 3 is 2.94 bits per heavy atom. The van der Waals surface area contributed by atoms with Crippen molar-refractivity contribution in [3.8, 4) is 0 Å². The van der Waals surface area contributed by atoms with Crippen LogP contribution in [0.15, 0.2) is 22.8 Å². The minimum Gasteiger partial charge on any atom is -0.325 e. The minimum absolute atomic E-state index is 0.0718. The SMILES string of the molecule is Cn1nc(Br)c2cc(CC3(N)CC3)ccc21. The molecule has 3 nitrogen and oxygen atoms in total. The first-order valence-electron chi connectivity index (χ1n) is 5.47. The summed E-state index contributed by atoms with van der Waals surface area (Å²) in [7, 11) is 1.96. The standard InChI is InChI=1S/C12H14BrN3/c1-16-10-3-2-8(7-12(14)4-5-12)6-9(10)11(13)15-16/h2-3,6H,4-5,7,14H2,1H3. The van der Waals surface area contributed by atoms with Crippen molar-refractivity contribution < 1.29 is 0 Å². The highest BCUT2D eigenvalue weighted by molar-refractivity contribution is 9.10. The van der Waals surface area contributed by atoms with Crippen LogP contribution < -0.4 is 5.73 Å². The summed E-state index contributed by atoms with van der Waals surface area (Å²) in [6, 6.07) is 6.47. The van der Waals surface area contributed by atoms with Crippen molar-refractivity contribution in [2.45, 2.75) is 24.8 Å². The van der Waals surface area contributed by atoms with Gasteiger partial charge in [0.05, 0.1) is 5.52 Å². The summed E-state index contributed by atoms with van der Waals surface area (Å²) in [5.41, 5.74) is 8.66. The number of hydrogen-bond acceptors (Lipinski definition) is 2. The fourth-order valence-corrected chi connectivity index (χ4v) is 2.68. The summed E-state index contributed by atoms with van der Waals surface area (Å²) >= 11 is 3.48. The van der Waals surface area contributed by atoms with Crippen LogP contribution in [0.4, 0.5) is 0 Å². The molecule has 1 heterocycles. The Balaban J connectivity index is 2.04. The van der Waals surface area contributed by atoms with Gasteiger partial charge in [0.2, 0.25) is 0 Å². The maximum Gasteiger partial charge on any atom is 0.135 e. The van der Waals surface area contributed by atoms with Crippen LogP contribution in [0.1, 0.15) is 18.4 Å². The zero-order chi connectivity index (χ0) is 11.3. The van der Waals surface area contributed by atoms with E-state index < -0.39 is 0 Å². The third-order valence-electron chi connectivity index (χ3n) is 3.32. The van der Waals surface area contributed by atoms with Crippen LogP contribution in [0.5, 0.6) is 0 Å². The number of hydrogen-bond donors (Lipinski definition) is 1. The molecule has 0 saturated heterocycles. The molecule has 0 unspecified atom stereocenters. The molecule has 0 spiro atoms. The minimum atomic E-state index is 0.0718. The number of fused-ring (bicyclic) bond motifs is 1. The number of nitrogens with two attached hydrogens (primary N) is 1. The second kappa shape index (κ2) is 3.31. The van der Waals surface area contributed by atoms with Gasteiger partial charge < -0.3 is 5.73 Å². The van der Waals surface area contributed by atoms with Crippen molar-refractivity contribution in [1.82, 2.24) is 9.78 Å². The summed E-state index contributed by atoms with van der Waals surface area (Å²) in [5, 5.41) is 5.52. The first-order chi connectivity index (χ1) is 7.57. The Morgan fingerprint density at radius 1 is 1.50 bits per heavy atom. The normalized spacial score (nSPS) is 17.9. The lowest BCUT2D eigenvalue weighted by atomic mass is 10.0. The lowest BCUT2D eigenvalue weighted by Gasteiger charge is -2.08. The van der Waals surface area contributed by atoms with Gasteiger partial charge in [-0.05, 0) is 52.9 Å². The van der Waals surface area contributed by atoms with Crippen molar-refractivity contribution in [2.75, 3.05) is 0 Å². The summed E-state index contributed by atoms with van der Waals surface area (Å²) in [6.45, 7) is 0. The topological polar surface area (TPSA) is 43.8 Å². The van der Waals surface area contributed by atoms with E-state index in [0.29, 0.717) is 0 Å². The van der Waals surface area contributed by atoms with Crippen LogP contribution >= 0.6 is 15.9 Å². The first kappa shape index (κ1) is 10.3. The zero-order valence-electron chi connectivity index (χ0n) is 9.20. The maximum atomic E-state index is 6.13. The molecule has 0 aliphatic heterocycles. The van der Waals surface area contributed by atoms with E-state index in [4.69, 9.17) is 5.73 Å². The first-order valence-corrected chi connectivity index (χ1v) is 6.27. The van der Waals surface area contributed by atoms with Crippen LogP contribution in [0, 0.1) is 0 Å². The number of aromatic nitrogens is 2. The molecule has 1 fully saturated rings. The molecule has 1 saturated carbocycles. The van der Waals surface area contributed by atoms with E-state index >= 15 is 0 Å². The second-order valence-electron chi connectivity index (χ2n) is 4.81. The predicted molar refractivity (Wildman–Crippen MR) is 68.3 cm³/mol. The van der Waals surface area contributed by atoms with Crippen LogP contribution in [-0.4, -0.2) is 15.3 Å². The number of halogens is 1. The molecule has 0 atom stereocenters. The lowest BCUT2D eigenvalue weighted by molar-refractivity contribution is 0.672. The Labute approximate surface area is 103 Å². The zero-order valence-corrected chi connectivity index (χ0v) is 10.8. The molecule has 3 rings (SSSR count). The Morgan fingerprint density at radius 2 is 2.25 bits per heavy atom. The van der Waals surface area contributed by atoms with Gasteiger partial charge in [-0.2, -0.15) is 5.10 Å². The summed E-state index contributed by atoms with van der Waals surface area (Å²) in [4.78, 5) is 0. The van der Waals surface area contributed by atoms with Crippen LogP contribution in [0.3, 0.4) is 0 Å². The third-order valence-corrected chi connectivity index (χ3v) is 3.90. The third kappa shape index (κ3) is 1.66. The van der Waals surface area contributed by atoms with E-state index in [0.717, 1.165) is 29.4 Å². The Hall–Kier alpha value is -0.870. The van der Waals surface area contributed by atoms with Crippen molar-refractivity contribution >= 4 is 26.8 Å². The molecule has 1 aliphatic carbocycles. The molecule has 84 valence electrons.